The fourth-order valence-corrected chi connectivity index (χ4v) is 1.32. The number of hydrogen-bond donors (Lipinski definition) is 2. The second kappa shape index (κ2) is 5.48. The molecule has 4 nitrogen and oxygen atoms in total. The highest BCUT2D eigenvalue weighted by atomic mass is 16.5. The summed E-state index contributed by atoms with van der Waals surface area (Å²) in [7, 11) is 1.34. The Bertz CT molecular complexity index is 338. The number of carbonyl (C=O) groups excluding carboxylic acids is 1. The third-order valence-corrected chi connectivity index (χ3v) is 2.18. The molecule has 1 rings (SSSR count). The first-order valence-corrected chi connectivity index (χ1v) is 4.73. The molecule has 0 aliphatic heterocycles. The number of methoxy groups -OCH3 is 1. The third-order valence-electron chi connectivity index (χ3n) is 2.18. The Labute approximate surface area is 88.7 Å². The lowest BCUT2D eigenvalue weighted by Gasteiger charge is -2.11. The van der Waals surface area contributed by atoms with E-state index < -0.39 is 0 Å². The van der Waals surface area contributed by atoms with E-state index in [2.05, 4.69) is 4.74 Å². The minimum atomic E-state index is -0.381. The van der Waals surface area contributed by atoms with Gasteiger partial charge < -0.3 is 15.6 Å². The molecule has 0 bridgehead atoms. The molecule has 0 radical (unpaired) electrons. The van der Waals surface area contributed by atoms with Crippen LogP contribution in [0.5, 0.6) is 0 Å². The van der Waals surface area contributed by atoms with Crippen LogP contribution in [0, 0.1) is 0 Å². The van der Waals surface area contributed by atoms with Crippen molar-refractivity contribution in [1.82, 2.24) is 0 Å². The van der Waals surface area contributed by atoms with Crippen LogP contribution in [-0.4, -0.2) is 24.8 Å². The topological polar surface area (TPSA) is 72.5 Å². The number of nitrogens with two attached hydrogens (primary N) is 1. The number of hydrogen-bond acceptors (Lipinski definition) is 4. The second-order valence-electron chi connectivity index (χ2n) is 3.24. The van der Waals surface area contributed by atoms with Gasteiger partial charge in [-0.25, -0.2) is 4.79 Å². The molecule has 1 atom stereocenters. The molecule has 0 heterocycles. The Morgan fingerprint density at radius 2 is 2.33 bits per heavy atom. The summed E-state index contributed by atoms with van der Waals surface area (Å²) in [6.07, 6.45) is 0.477. The zero-order valence-corrected chi connectivity index (χ0v) is 8.64. The van der Waals surface area contributed by atoms with E-state index in [-0.39, 0.29) is 18.6 Å². The van der Waals surface area contributed by atoms with Crippen molar-refractivity contribution in [3.63, 3.8) is 0 Å². The largest absolute Gasteiger partial charge is 0.465 e. The zero-order chi connectivity index (χ0) is 11.3. The van der Waals surface area contributed by atoms with Crippen molar-refractivity contribution in [3.05, 3.63) is 35.4 Å². The van der Waals surface area contributed by atoms with Gasteiger partial charge in [0.05, 0.1) is 12.7 Å². The van der Waals surface area contributed by atoms with Crippen molar-refractivity contribution >= 4 is 5.97 Å². The first-order valence-electron chi connectivity index (χ1n) is 4.73. The normalized spacial score (nSPS) is 12.2. The van der Waals surface area contributed by atoms with Gasteiger partial charge in [-0.2, -0.15) is 0 Å². The van der Waals surface area contributed by atoms with E-state index in [1.165, 1.54) is 7.11 Å². The van der Waals surface area contributed by atoms with Crippen LogP contribution in [0.3, 0.4) is 0 Å². The maximum Gasteiger partial charge on any atom is 0.337 e. The van der Waals surface area contributed by atoms with E-state index >= 15 is 0 Å². The summed E-state index contributed by atoms with van der Waals surface area (Å²) in [4.78, 5) is 11.2. The Morgan fingerprint density at radius 1 is 1.60 bits per heavy atom. The minimum absolute atomic E-state index is 0.0314. The van der Waals surface area contributed by atoms with Gasteiger partial charge in [0, 0.05) is 12.6 Å². The standard InChI is InChI=1S/C11H15NO3/c1-15-11(14)9-4-2-3-8(7-9)10(12)5-6-13/h2-4,7,10,13H,5-6,12H2,1H3. The van der Waals surface area contributed by atoms with Gasteiger partial charge in [-0.05, 0) is 24.1 Å². The Hall–Kier alpha value is -1.39. The lowest BCUT2D eigenvalue weighted by Crippen LogP contribution is -2.13. The fraction of sp³-hybridized carbons (Fsp3) is 0.364. The Kier molecular flexibility index (Phi) is 4.27. The predicted molar refractivity (Wildman–Crippen MR) is 56.4 cm³/mol. The van der Waals surface area contributed by atoms with Gasteiger partial charge in [-0.15, -0.1) is 0 Å². The maximum atomic E-state index is 11.2. The highest BCUT2D eigenvalue weighted by molar-refractivity contribution is 5.89. The van der Waals surface area contributed by atoms with E-state index in [0.717, 1.165) is 5.56 Å². The van der Waals surface area contributed by atoms with Crippen LogP contribution < -0.4 is 5.73 Å². The summed E-state index contributed by atoms with van der Waals surface area (Å²) in [6, 6.07) is 6.68. The smallest absolute Gasteiger partial charge is 0.337 e. The number of ether oxygens (including phenoxy) is 1. The Balaban J connectivity index is 2.87. The van der Waals surface area contributed by atoms with Gasteiger partial charge in [0.25, 0.3) is 0 Å². The van der Waals surface area contributed by atoms with E-state index in [1.54, 1.807) is 18.2 Å². The molecule has 0 saturated carbocycles. The number of rotatable bonds is 4. The van der Waals surface area contributed by atoms with Crippen molar-refractivity contribution in [1.29, 1.82) is 0 Å². The highest BCUT2D eigenvalue weighted by Crippen LogP contribution is 2.15. The molecule has 4 heteroatoms. The first-order chi connectivity index (χ1) is 7.19. The van der Waals surface area contributed by atoms with Crippen LogP contribution in [0.1, 0.15) is 28.4 Å². The van der Waals surface area contributed by atoms with Gasteiger partial charge in [-0.3, -0.25) is 0 Å². The van der Waals surface area contributed by atoms with Crippen LogP contribution >= 0.6 is 0 Å². The summed E-state index contributed by atoms with van der Waals surface area (Å²) in [6.45, 7) is 0.0314. The van der Waals surface area contributed by atoms with E-state index in [1.807, 2.05) is 6.07 Å². The Morgan fingerprint density at radius 3 is 2.93 bits per heavy atom. The number of aliphatic hydroxyl groups excluding tert-OH is 1. The van der Waals surface area contributed by atoms with Crippen LogP contribution in [0.4, 0.5) is 0 Å². The van der Waals surface area contributed by atoms with E-state index in [0.29, 0.717) is 12.0 Å². The molecule has 1 aromatic rings. The average molecular weight is 209 g/mol. The van der Waals surface area contributed by atoms with Crippen LogP contribution in [-0.2, 0) is 4.74 Å². The molecule has 0 aliphatic carbocycles. The molecule has 1 unspecified atom stereocenters. The quantitative estimate of drug-likeness (QED) is 0.721. The zero-order valence-electron chi connectivity index (χ0n) is 8.64. The van der Waals surface area contributed by atoms with Crippen LogP contribution in [0.2, 0.25) is 0 Å². The number of aliphatic hydroxyl groups is 1. The van der Waals surface area contributed by atoms with Gasteiger partial charge >= 0.3 is 5.97 Å². The van der Waals surface area contributed by atoms with Gasteiger partial charge in [0.15, 0.2) is 0 Å². The molecule has 1 aromatic carbocycles. The summed E-state index contributed by atoms with van der Waals surface area (Å²) in [5.74, 6) is -0.381. The molecule has 0 spiro atoms. The molecule has 0 fully saturated rings. The van der Waals surface area contributed by atoms with Gasteiger partial charge in [-0.1, -0.05) is 12.1 Å². The van der Waals surface area contributed by atoms with Gasteiger partial charge in [0.2, 0.25) is 0 Å². The number of benzene rings is 1. The minimum Gasteiger partial charge on any atom is -0.465 e. The van der Waals surface area contributed by atoms with Crippen molar-refractivity contribution < 1.29 is 14.6 Å². The number of carbonyl (C=O) groups is 1. The molecular formula is C11H15NO3. The van der Waals surface area contributed by atoms with E-state index in [4.69, 9.17) is 10.8 Å². The fourth-order valence-electron chi connectivity index (χ4n) is 1.32. The summed E-state index contributed by atoms with van der Waals surface area (Å²) in [5.41, 5.74) is 7.11. The summed E-state index contributed by atoms with van der Waals surface area (Å²) >= 11 is 0. The predicted octanol–water partition coefficient (Wildman–Crippen LogP) is 0.855. The lowest BCUT2D eigenvalue weighted by atomic mass is 10.0. The maximum absolute atomic E-state index is 11.2. The molecular weight excluding hydrogens is 194 g/mol. The molecule has 0 aliphatic rings. The van der Waals surface area contributed by atoms with Crippen molar-refractivity contribution in [2.24, 2.45) is 5.73 Å². The SMILES string of the molecule is COC(=O)c1cccc(C(N)CCO)c1. The third kappa shape index (κ3) is 3.04. The monoisotopic (exact) mass is 209 g/mol. The molecule has 0 aromatic heterocycles. The lowest BCUT2D eigenvalue weighted by molar-refractivity contribution is 0.0600. The van der Waals surface area contributed by atoms with Crippen LogP contribution in [0.15, 0.2) is 24.3 Å². The first kappa shape index (κ1) is 11.7. The highest BCUT2D eigenvalue weighted by Gasteiger charge is 2.09. The van der Waals surface area contributed by atoms with Crippen LogP contribution in [0.25, 0.3) is 0 Å². The molecule has 3 N–H and O–H groups in total. The molecule has 0 saturated heterocycles. The molecule has 82 valence electrons. The molecule has 0 amide bonds. The summed E-state index contributed by atoms with van der Waals surface area (Å²) < 4.78 is 4.60. The van der Waals surface area contributed by atoms with Crippen molar-refractivity contribution in [2.75, 3.05) is 13.7 Å². The molecule has 15 heavy (non-hydrogen) atoms. The van der Waals surface area contributed by atoms with Gasteiger partial charge in [0.1, 0.15) is 0 Å². The van der Waals surface area contributed by atoms with Crippen molar-refractivity contribution in [2.45, 2.75) is 12.5 Å². The summed E-state index contributed by atoms with van der Waals surface area (Å²) in [5, 5.41) is 8.75. The van der Waals surface area contributed by atoms with E-state index in [9.17, 15) is 4.79 Å². The van der Waals surface area contributed by atoms with Crippen molar-refractivity contribution in [3.8, 4) is 0 Å². The second-order valence-corrected chi connectivity index (χ2v) is 3.24. The average Bonchev–Trinajstić information content (AvgIpc) is 2.28. The number of esters is 1.